The third-order valence-corrected chi connectivity index (χ3v) is 9.33. The zero-order valence-corrected chi connectivity index (χ0v) is 21.2. The maximum atomic E-state index is 14.5. The molecular weight excluding hydrogens is 444 g/mol. The number of rotatable bonds is 3. The summed E-state index contributed by atoms with van der Waals surface area (Å²) >= 11 is 0. The van der Waals surface area contributed by atoms with Gasteiger partial charge in [-0.2, -0.15) is 0 Å². The summed E-state index contributed by atoms with van der Waals surface area (Å²) in [6.45, 7) is 11.2. The van der Waals surface area contributed by atoms with Crippen molar-refractivity contribution < 1.29 is 29.0 Å². The second-order valence-electron chi connectivity index (χ2n) is 11.6. The highest BCUT2D eigenvalue weighted by molar-refractivity contribution is 5.96. The van der Waals surface area contributed by atoms with Gasteiger partial charge in [-0.1, -0.05) is 51.1 Å². The van der Waals surface area contributed by atoms with Gasteiger partial charge in [-0.15, -0.1) is 0 Å². The number of fused-ring (bicyclic) bond motifs is 3. The minimum absolute atomic E-state index is 0.0122. The summed E-state index contributed by atoms with van der Waals surface area (Å²) in [5.74, 6) is -1.39. The Kier molecular flexibility index (Phi) is 5.23. The molecule has 1 N–H and O–H groups in total. The van der Waals surface area contributed by atoms with Gasteiger partial charge in [0.2, 0.25) is 0 Å². The molecule has 5 rings (SSSR count). The van der Waals surface area contributed by atoms with Crippen LogP contribution in [0.15, 0.2) is 53.6 Å². The molecule has 0 aliphatic heterocycles. The monoisotopic (exact) mass is 478 g/mol. The van der Waals surface area contributed by atoms with Gasteiger partial charge in [0.05, 0.1) is 11.0 Å². The van der Waals surface area contributed by atoms with Crippen molar-refractivity contribution in [1.29, 1.82) is 0 Å². The van der Waals surface area contributed by atoms with Crippen LogP contribution in [0.2, 0.25) is 0 Å². The molecule has 186 valence electrons. The van der Waals surface area contributed by atoms with E-state index in [2.05, 4.69) is 13.8 Å². The van der Waals surface area contributed by atoms with Crippen LogP contribution in [-0.4, -0.2) is 40.6 Å². The standard InChI is InChI=1S/C29H34O6/c1-15-12-20-22-21(27(22,5)6)13-17(3)28(23(20)31)14-16(2)25(34-18(4)30)29(28,33)24(15)35-26(32)19-10-8-7-9-11-19/h7-12,14,17,20-22,24-25,33H,13H2,1-6H3/t17-,20?,21-,22+,24-,25+,28?,29+/m1/s1. The number of allylic oxidation sites excluding steroid dienone is 1. The number of esters is 2. The Morgan fingerprint density at radius 3 is 2.29 bits per heavy atom. The van der Waals surface area contributed by atoms with Crippen molar-refractivity contribution in [3.05, 3.63) is 59.2 Å². The molecule has 1 aromatic rings. The minimum atomic E-state index is -1.96. The van der Waals surface area contributed by atoms with Crippen LogP contribution in [0, 0.1) is 34.5 Å². The lowest BCUT2D eigenvalue weighted by Crippen LogP contribution is -2.66. The molecule has 35 heavy (non-hydrogen) atoms. The number of aliphatic hydroxyl groups is 1. The third-order valence-electron chi connectivity index (χ3n) is 9.33. The van der Waals surface area contributed by atoms with E-state index in [1.165, 1.54) is 6.92 Å². The number of hydrogen-bond donors (Lipinski definition) is 1. The fourth-order valence-electron chi connectivity index (χ4n) is 7.65. The van der Waals surface area contributed by atoms with Crippen molar-refractivity contribution in [3.8, 4) is 0 Å². The summed E-state index contributed by atoms with van der Waals surface area (Å²) in [5.41, 5.74) is -1.74. The van der Waals surface area contributed by atoms with E-state index in [1.807, 2.05) is 19.1 Å². The van der Waals surface area contributed by atoms with Crippen molar-refractivity contribution in [1.82, 2.24) is 0 Å². The summed E-state index contributed by atoms with van der Waals surface area (Å²) in [6, 6.07) is 8.58. The van der Waals surface area contributed by atoms with Gasteiger partial charge in [-0.05, 0) is 66.7 Å². The first-order chi connectivity index (χ1) is 16.4. The van der Waals surface area contributed by atoms with Gasteiger partial charge in [0.1, 0.15) is 0 Å². The topological polar surface area (TPSA) is 89.9 Å². The molecule has 6 nitrogen and oxygen atoms in total. The summed E-state index contributed by atoms with van der Waals surface area (Å²) in [4.78, 5) is 39.9. The Morgan fingerprint density at radius 2 is 1.66 bits per heavy atom. The molecule has 0 aromatic heterocycles. The lowest BCUT2D eigenvalue weighted by Gasteiger charge is -2.49. The van der Waals surface area contributed by atoms with E-state index in [9.17, 15) is 19.5 Å². The first-order valence-electron chi connectivity index (χ1n) is 12.4. The van der Waals surface area contributed by atoms with Gasteiger partial charge >= 0.3 is 11.9 Å². The van der Waals surface area contributed by atoms with Crippen LogP contribution in [0.4, 0.5) is 0 Å². The second-order valence-corrected chi connectivity index (χ2v) is 11.6. The predicted molar refractivity (Wildman–Crippen MR) is 129 cm³/mol. The van der Waals surface area contributed by atoms with Gasteiger partial charge in [0.25, 0.3) is 0 Å². The predicted octanol–water partition coefficient (Wildman–Crippen LogP) is 4.28. The highest BCUT2D eigenvalue weighted by Crippen LogP contribution is 2.71. The lowest BCUT2D eigenvalue weighted by molar-refractivity contribution is -0.202. The summed E-state index contributed by atoms with van der Waals surface area (Å²) in [6.07, 6.45) is 2.20. The van der Waals surface area contributed by atoms with Gasteiger partial charge < -0.3 is 14.6 Å². The smallest absolute Gasteiger partial charge is 0.338 e. The van der Waals surface area contributed by atoms with Crippen LogP contribution in [0.25, 0.3) is 0 Å². The number of benzene rings is 1. The molecule has 2 bridgehead atoms. The van der Waals surface area contributed by atoms with E-state index in [0.717, 1.165) is 6.42 Å². The highest BCUT2D eigenvalue weighted by atomic mass is 16.6. The Bertz CT molecular complexity index is 1160. The Hall–Kier alpha value is -2.73. The molecule has 0 saturated heterocycles. The number of hydrogen-bond acceptors (Lipinski definition) is 6. The van der Waals surface area contributed by atoms with E-state index >= 15 is 0 Å². The van der Waals surface area contributed by atoms with Gasteiger partial charge in [0.15, 0.2) is 23.6 Å². The second kappa shape index (κ2) is 7.63. The van der Waals surface area contributed by atoms with Crippen LogP contribution >= 0.6 is 0 Å². The average molecular weight is 479 g/mol. The van der Waals surface area contributed by atoms with Crippen LogP contribution in [0.3, 0.4) is 0 Å². The molecule has 1 spiro atoms. The molecule has 1 aromatic carbocycles. The van der Waals surface area contributed by atoms with Gasteiger partial charge in [-0.3, -0.25) is 9.59 Å². The molecule has 6 heteroatoms. The summed E-state index contributed by atoms with van der Waals surface area (Å²) < 4.78 is 11.7. The quantitative estimate of drug-likeness (QED) is 0.515. The largest absolute Gasteiger partial charge is 0.455 e. The molecule has 4 aliphatic carbocycles. The fourth-order valence-corrected chi connectivity index (χ4v) is 7.65. The number of ketones is 1. The van der Waals surface area contributed by atoms with Crippen molar-refractivity contribution in [2.75, 3.05) is 0 Å². The summed E-state index contributed by atoms with van der Waals surface area (Å²) in [7, 11) is 0. The molecule has 0 radical (unpaired) electrons. The van der Waals surface area contributed by atoms with Crippen molar-refractivity contribution in [2.45, 2.75) is 65.8 Å². The van der Waals surface area contributed by atoms with Gasteiger partial charge in [-0.25, -0.2) is 4.79 Å². The van der Waals surface area contributed by atoms with Gasteiger partial charge in [0, 0.05) is 12.8 Å². The summed E-state index contributed by atoms with van der Waals surface area (Å²) in [5, 5.41) is 12.7. The van der Waals surface area contributed by atoms with E-state index in [1.54, 1.807) is 44.2 Å². The maximum Gasteiger partial charge on any atom is 0.338 e. The Morgan fingerprint density at radius 1 is 1.03 bits per heavy atom. The Balaban J connectivity index is 1.71. The normalized spacial score (nSPS) is 40.8. The number of Topliss-reactive ketones (excluding diaryl/α,β-unsaturated/α-hetero) is 1. The SMILES string of the molecule is CC(=O)O[C@H]1C(C)=CC23C(=O)C(C=C(C)[C@@H](OC(=O)c4ccccc4)[C@]12O)[C@H]1[C@@H](C[C@H]3C)C1(C)C. The highest BCUT2D eigenvalue weighted by Gasteiger charge is 2.77. The molecule has 0 heterocycles. The van der Waals surface area contributed by atoms with Crippen LogP contribution in [-0.2, 0) is 19.1 Å². The van der Waals surface area contributed by atoms with Crippen molar-refractivity contribution in [2.24, 2.45) is 34.5 Å². The zero-order valence-electron chi connectivity index (χ0n) is 21.2. The number of carbonyl (C=O) groups is 3. The first-order valence-corrected chi connectivity index (χ1v) is 12.4. The fraction of sp³-hybridized carbons (Fsp3) is 0.552. The molecule has 4 aliphatic rings. The van der Waals surface area contributed by atoms with Crippen LogP contribution < -0.4 is 0 Å². The molecule has 8 atom stereocenters. The molecule has 2 saturated carbocycles. The lowest BCUT2D eigenvalue weighted by atomic mass is 9.59. The number of ether oxygens (including phenoxy) is 2. The van der Waals surface area contributed by atoms with Crippen molar-refractivity contribution in [3.63, 3.8) is 0 Å². The average Bonchev–Trinajstić information content (AvgIpc) is 3.29. The zero-order chi connectivity index (χ0) is 25.5. The third kappa shape index (κ3) is 3.08. The minimum Gasteiger partial charge on any atom is -0.455 e. The first kappa shape index (κ1) is 24.0. The maximum absolute atomic E-state index is 14.5. The Labute approximate surface area is 206 Å². The van der Waals surface area contributed by atoms with E-state index in [4.69, 9.17) is 9.47 Å². The molecular formula is C29H34O6. The van der Waals surface area contributed by atoms with E-state index in [-0.39, 0.29) is 23.0 Å². The van der Waals surface area contributed by atoms with Crippen LogP contribution in [0.1, 0.15) is 58.3 Å². The number of carbonyl (C=O) groups excluding carboxylic acids is 3. The van der Waals surface area contributed by atoms with E-state index < -0.39 is 41.1 Å². The molecule has 2 fully saturated rings. The molecule has 2 unspecified atom stereocenters. The van der Waals surface area contributed by atoms with Crippen LogP contribution in [0.5, 0.6) is 0 Å². The van der Waals surface area contributed by atoms with Crippen molar-refractivity contribution >= 4 is 17.7 Å². The molecule has 0 amide bonds. The van der Waals surface area contributed by atoms with E-state index in [0.29, 0.717) is 22.6 Å².